The van der Waals surface area contributed by atoms with Gasteiger partial charge in [-0.25, -0.2) is 5.14 Å². The Kier molecular flexibility index (Phi) is 3.86. The van der Waals surface area contributed by atoms with Gasteiger partial charge in [0.15, 0.2) is 0 Å². The molecule has 4 rings (SSSR count). The maximum absolute atomic E-state index is 12.6. The highest BCUT2D eigenvalue weighted by atomic mass is 32.2. The maximum Gasteiger partial charge on any atom is 0.333 e. The van der Waals surface area contributed by atoms with Crippen LogP contribution >= 0.6 is 0 Å². The lowest BCUT2D eigenvalue weighted by Crippen LogP contribution is -2.62. The Bertz CT molecular complexity index is 598. The van der Waals surface area contributed by atoms with E-state index in [0.717, 1.165) is 19.3 Å². The average molecular weight is 345 g/mol. The molecule has 132 valence electrons. The van der Waals surface area contributed by atoms with Gasteiger partial charge in [0.05, 0.1) is 11.0 Å². The van der Waals surface area contributed by atoms with Crippen LogP contribution in [-0.4, -0.2) is 25.6 Å². The Balaban J connectivity index is 1.85. The number of ether oxygens (including phenoxy) is 1. The molecule has 0 aliphatic heterocycles. The summed E-state index contributed by atoms with van der Waals surface area (Å²) in [6.45, 7) is 5.73. The monoisotopic (exact) mass is 345 g/mol. The summed E-state index contributed by atoms with van der Waals surface area (Å²) in [5.41, 5.74) is -1.90. The van der Waals surface area contributed by atoms with Crippen molar-refractivity contribution in [3.05, 3.63) is 0 Å². The number of carbonyl (C=O) groups excluding carboxylic acids is 1. The molecule has 4 bridgehead atoms. The molecule has 0 heterocycles. The Morgan fingerprint density at radius 3 is 2.17 bits per heavy atom. The number of esters is 1. The van der Waals surface area contributed by atoms with Crippen molar-refractivity contribution in [3.8, 4) is 0 Å². The third-order valence-corrected chi connectivity index (χ3v) is 6.58. The summed E-state index contributed by atoms with van der Waals surface area (Å²) in [6.07, 6.45) is 5.21. The largest absolute Gasteiger partial charge is 0.459 e. The minimum absolute atomic E-state index is 0.201. The Labute approximate surface area is 138 Å². The van der Waals surface area contributed by atoms with Crippen LogP contribution in [0, 0.1) is 17.3 Å². The molecule has 2 atom stereocenters. The molecule has 0 aromatic carbocycles. The molecule has 6 nitrogen and oxygen atoms in total. The van der Waals surface area contributed by atoms with Gasteiger partial charge in [-0.1, -0.05) is 6.92 Å². The van der Waals surface area contributed by atoms with Gasteiger partial charge in [0.1, 0.15) is 5.60 Å². The quantitative estimate of drug-likeness (QED) is 0.771. The second-order valence-electron chi connectivity index (χ2n) is 8.53. The summed E-state index contributed by atoms with van der Waals surface area (Å²) in [5.74, 6) is 0.485. The zero-order valence-electron chi connectivity index (χ0n) is 14.1. The lowest BCUT2D eigenvalue weighted by molar-refractivity contribution is -0.219. The summed E-state index contributed by atoms with van der Waals surface area (Å²) in [7, 11) is -4.02. The van der Waals surface area contributed by atoms with Crippen molar-refractivity contribution in [3.63, 3.8) is 0 Å². The number of carbonyl (C=O) groups is 1. The zero-order chi connectivity index (χ0) is 17.1. The first-order valence-electron chi connectivity index (χ1n) is 8.43. The minimum atomic E-state index is -4.02. The summed E-state index contributed by atoms with van der Waals surface area (Å²) in [6, 6.07) is 0. The second kappa shape index (κ2) is 5.17. The molecule has 0 radical (unpaired) electrons. The van der Waals surface area contributed by atoms with Crippen molar-refractivity contribution in [1.82, 2.24) is 0 Å². The predicted octanol–water partition coefficient (Wildman–Crippen LogP) is 2.28. The first-order chi connectivity index (χ1) is 10.5. The lowest BCUT2D eigenvalue weighted by Gasteiger charge is -2.60. The average Bonchev–Trinajstić information content (AvgIpc) is 2.33. The number of hydrogen-bond donors (Lipinski definition) is 1. The van der Waals surface area contributed by atoms with Crippen LogP contribution in [0.4, 0.5) is 0 Å². The van der Waals surface area contributed by atoms with E-state index in [2.05, 4.69) is 0 Å². The standard InChI is InChI=1S/C16H27NO5S/c1-4-14(2,3)13(18)21-15-6-11-5-12(7-15)9-16(8-11,10-15)22-23(17,19)20/h11-12H,4-10H2,1-3H3,(H2,17,19,20). The van der Waals surface area contributed by atoms with Crippen LogP contribution in [0.5, 0.6) is 0 Å². The van der Waals surface area contributed by atoms with E-state index in [1.807, 2.05) is 20.8 Å². The summed E-state index contributed by atoms with van der Waals surface area (Å²) >= 11 is 0. The van der Waals surface area contributed by atoms with Crippen LogP contribution in [0.1, 0.15) is 65.7 Å². The van der Waals surface area contributed by atoms with Crippen molar-refractivity contribution in [2.75, 3.05) is 0 Å². The first-order valence-corrected chi connectivity index (χ1v) is 9.91. The van der Waals surface area contributed by atoms with Gasteiger partial charge in [0.2, 0.25) is 0 Å². The molecule has 2 N–H and O–H groups in total. The molecule has 7 heteroatoms. The Morgan fingerprint density at radius 1 is 1.17 bits per heavy atom. The summed E-state index contributed by atoms with van der Waals surface area (Å²) in [5, 5.41) is 5.13. The van der Waals surface area contributed by atoms with Crippen LogP contribution in [0.2, 0.25) is 0 Å². The molecule has 4 saturated carbocycles. The van der Waals surface area contributed by atoms with E-state index in [4.69, 9.17) is 14.1 Å². The van der Waals surface area contributed by atoms with Gasteiger partial charge in [0.25, 0.3) is 0 Å². The van der Waals surface area contributed by atoms with Gasteiger partial charge >= 0.3 is 16.3 Å². The maximum atomic E-state index is 12.6. The first kappa shape index (κ1) is 17.2. The highest BCUT2D eigenvalue weighted by molar-refractivity contribution is 7.84. The van der Waals surface area contributed by atoms with Gasteiger partial charge in [-0.05, 0) is 64.2 Å². The van der Waals surface area contributed by atoms with E-state index < -0.39 is 26.9 Å². The van der Waals surface area contributed by atoms with E-state index in [9.17, 15) is 13.2 Å². The van der Waals surface area contributed by atoms with Gasteiger partial charge in [0, 0.05) is 6.42 Å². The van der Waals surface area contributed by atoms with E-state index >= 15 is 0 Å². The Morgan fingerprint density at radius 2 is 1.70 bits per heavy atom. The highest BCUT2D eigenvalue weighted by Gasteiger charge is 2.62. The SMILES string of the molecule is CCC(C)(C)C(=O)OC12CC3CC(C1)CC(OS(N)(=O)=O)(C3)C2. The highest BCUT2D eigenvalue weighted by Crippen LogP contribution is 2.60. The summed E-state index contributed by atoms with van der Waals surface area (Å²) in [4.78, 5) is 12.6. The molecular formula is C16H27NO5S. The van der Waals surface area contributed by atoms with Crippen molar-refractivity contribution < 1.29 is 22.1 Å². The van der Waals surface area contributed by atoms with E-state index in [1.165, 1.54) is 0 Å². The third-order valence-electron chi connectivity index (χ3n) is 5.99. The minimum Gasteiger partial charge on any atom is -0.459 e. The van der Waals surface area contributed by atoms with Crippen LogP contribution in [0.15, 0.2) is 0 Å². The molecule has 4 aliphatic carbocycles. The molecule has 23 heavy (non-hydrogen) atoms. The summed E-state index contributed by atoms with van der Waals surface area (Å²) < 4.78 is 34.3. The zero-order valence-corrected chi connectivity index (χ0v) is 14.9. The molecule has 0 spiro atoms. The molecule has 0 aromatic rings. The third kappa shape index (κ3) is 3.28. The molecule has 0 amide bonds. The lowest BCUT2D eigenvalue weighted by atomic mass is 9.52. The fourth-order valence-corrected chi connectivity index (χ4v) is 5.73. The molecule has 4 aliphatic rings. The molecular weight excluding hydrogens is 318 g/mol. The predicted molar refractivity (Wildman–Crippen MR) is 84.5 cm³/mol. The fraction of sp³-hybridized carbons (Fsp3) is 0.938. The number of nitrogens with two attached hydrogens (primary N) is 1. The smallest absolute Gasteiger partial charge is 0.333 e. The number of rotatable bonds is 5. The van der Waals surface area contributed by atoms with Gasteiger partial charge in [-0.2, -0.15) is 8.42 Å². The Hall–Kier alpha value is -0.660. The second-order valence-corrected chi connectivity index (χ2v) is 9.68. The van der Waals surface area contributed by atoms with Crippen molar-refractivity contribution >= 4 is 16.3 Å². The molecule has 0 saturated heterocycles. The van der Waals surface area contributed by atoms with Crippen LogP contribution in [-0.2, 0) is 24.0 Å². The molecule has 2 unspecified atom stereocenters. The van der Waals surface area contributed by atoms with Crippen LogP contribution in [0.3, 0.4) is 0 Å². The van der Waals surface area contributed by atoms with Crippen molar-refractivity contribution in [2.24, 2.45) is 22.4 Å². The normalized spacial score (nSPS) is 39.5. The van der Waals surface area contributed by atoms with Gasteiger partial charge in [-0.15, -0.1) is 0 Å². The topological polar surface area (TPSA) is 95.7 Å². The number of hydrogen-bond acceptors (Lipinski definition) is 5. The van der Waals surface area contributed by atoms with Gasteiger partial charge < -0.3 is 4.74 Å². The van der Waals surface area contributed by atoms with Crippen molar-refractivity contribution in [2.45, 2.75) is 76.9 Å². The fourth-order valence-electron chi connectivity index (χ4n) is 5.04. The van der Waals surface area contributed by atoms with Crippen LogP contribution in [0.25, 0.3) is 0 Å². The van der Waals surface area contributed by atoms with Crippen LogP contribution < -0.4 is 5.14 Å². The molecule has 4 fully saturated rings. The molecule has 0 aromatic heterocycles. The van der Waals surface area contributed by atoms with E-state index in [0.29, 0.717) is 37.5 Å². The van der Waals surface area contributed by atoms with Gasteiger partial charge in [-0.3, -0.25) is 8.98 Å². The van der Waals surface area contributed by atoms with E-state index in [-0.39, 0.29) is 5.97 Å². The van der Waals surface area contributed by atoms with Crippen molar-refractivity contribution in [1.29, 1.82) is 0 Å². The van der Waals surface area contributed by atoms with E-state index in [1.54, 1.807) is 0 Å².